The number of halogens is 1. The van der Waals surface area contributed by atoms with Gasteiger partial charge in [0, 0.05) is 6.20 Å². The second-order valence-corrected chi connectivity index (χ2v) is 2.53. The first-order chi connectivity index (χ1) is 5.70. The van der Waals surface area contributed by atoms with Crippen LogP contribution in [0.4, 0.5) is 10.1 Å². The molecule has 0 amide bonds. The first-order valence-electron chi connectivity index (χ1n) is 3.69. The molecular weight excluding hydrogens is 159 g/mol. The number of hydrogen-bond acceptors (Lipinski definition) is 3. The number of alkyl halides is 1. The highest BCUT2D eigenvalue weighted by molar-refractivity contribution is 5.40. The molecule has 12 heavy (non-hydrogen) atoms. The molecule has 66 valence electrons. The molecule has 0 saturated carbocycles. The van der Waals surface area contributed by atoms with E-state index >= 15 is 0 Å². The summed E-state index contributed by atoms with van der Waals surface area (Å²) in [7, 11) is 0. The molecule has 0 aliphatic carbocycles. The fourth-order valence-electron chi connectivity index (χ4n) is 0.728. The number of aromatic nitrogens is 1. The number of hydrogen-bond donors (Lipinski definition) is 2. The summed E-state index contributed by atoms with van der Waals surface area (Å²) >= 11 is 0. The largest absolute Gasteiger partial charge is 0.388 e. The van der Waals surface area contributed by atoms with Gasteiger partial charge in [-0.25, -0.2) is 4.39 Å². The Morgan fingerprint density at radius 1 is 1.67 bits per heavy atom. The lowest BCUT2D eigenvalue weighted by Gasteiger charge is -2.13. The van der Waals surface area contributed by atoms with Crippen molar-refractivity contribution in [1.82, 2.24) is 4.98 Å². The molecule has 1 rings (SSSR count). The molecule has 0 aliphatic rings. The van der Waals surface area contributed by atoms with Crippen molar-refractivity contribution in [1.29, 1.82) is 0 Å². The summed E-state index contributed by atoms with van der Waals surface area (Å²) < 4.78 is 12.8. The van der Waals surface area contributed by atoms with Crippen molar-refractivity contribution >= 4 is 5.69 Å². The summed E-state index contributed by atoms with van der Waals surface area (Å²) in [6.45, 7) is 1.38. The van der Waals surface area contributed by atoms with Crippen molar-refractivity contribution < 1.29 is 9.50 Å². The number of rotatable bonds is 3. The lowest BCUT2D eigenvalue weighted by Crippen LogP contribution is -2.26. The Morgan fingerprint density at radius 2 is 2.42 bits per heavy atom. The van der Waals surface area contributed by atoms with Gasteiger partial charge in [-0.3, -0.25) is 4.98 Å². The summed E-state index contributed by atoms with van der Waals surface area (Å²) in [6, 6.07) is 3.37. The van der Waals surface area contributed by atoms with Crippen LogP contribution in [0.15, 0.2) is 24.5 Å². The Balaban J connectivity index is 2.53. The van der Waals surface area contributed by atoms with Crippen molar-refractivity contribution in [3.63, 3.8) is 0 Å². The van der Waals surface area contributed by atoms with Crippen LogP contribution >= 0.6 is 0 Å². The zero-order valence-electron chi connectivity index (χ0n) is 6.74. The Bertz CT molecular complexity index is 228. The van der Waals surface area contributed by atoms with Crippen molar-refractivity contribution in [3.05, 3.63) is 24.5 Å². The van der Waals surface area contributed by atoms with Gasteiger partial charge in [0.25, 0.3) is 0 Å². The highest BCUT2D eigenvalue weighted by Gasteiger charge is 2.11. The monoisotopic (exact) mass is 170 g/mol. The molecule has 0 aromatic carbocycles. The third-order valence-corrected chi connectivity index (χ3v) is 1.39. The van der Waals surface area contributed by atoms with Crippen molar-refractivity contribution in [2.45, 2.75) is 19.3 Å². The molecular formula is C8H11FN2O. The Morgan fingerprint density at radius 3 is 2.92 bits per heavy atom. The van der Waals surface area contributed by atoms with Gasteiger partial charge < -0.3 is 10.4 Å². The van der Waals surface area contributed by atoms with E-state index in [9.17, 15) is 4.39 Å². The topological polar surface area (TPSA) is 45.1 Å². The van der Waals surface area contributed by atoms with Gasteiger partial charge in [0.2, 0.25) is 0 Å². The normalized spacial score (nSPS) is 15.2. The van der Waals surface area contributed by atoms with Gasteiger partial charge in [-0.1, -0.05) is 0 Å². The minimum atomic E-state index is -1.45. The third kappa shape index (κ3) is 2.47. The average Bonchev–Trinajstić information content (AvgIpc) is 2.06. The van der Waals surface area contributed by atoms with Gasteiger partial charge in [-0.2, -0.15) is 0 Å². The molecule has 0 fully saturated rings. The quantitative estimate of drug-likeness (QED) is 0.669. The fraction of sp³-hybridized carbons (Fsp3) is 0.375. The Labute approximate surface area is 70.3 Å². The summed E-state index contributed by atoms with van der Waals surface area (Å²) in [4.78, 5) is 3.79. The van der Waals surface area contributed by atoms with Crippen molar-refractivity contribution in [2.75, 3.05) is 5.32 Å². The number of pyridine rings is 1. The molecule has 1 heterocycles. The lowest BCUT2D eigenvalue weighted by atomic mass is 10.3. The minimum absolute atomic E-state index is 0.561. The molecule has 0 aliphatic heterocycles. The Kier molecular flexibility index (Phi) is 2.99. The highest BCUT2D eigenvalue weighted by atomic mass is 19.1. The molecule has 1 aromatic heterocycles. The van der Waals surface area contributed by atoms with Crippen LogP contribution in [-0.4, -0.2) is 22.5 Å². The predicted octanol–water partition coefficient (Wildman–Crippen LogP) is 1.17. The van der Waals surface area contributed by atoms with E-state index in [0.717, 1.165) is 0 Å². The van der Waals surface area contributed by atoms with Crippen LogP contribution in [0.5, 0.6) is 0 Å². The maximum Gasteiger partial charge on any atom is 0.195 e. The van der Waals surface area contributed by atoms with Crippen LogP contribution in [0, 0.1) is 0 Å². The van der Waals surface area contributed by atoms with Crippen LogP contribution < -0.4 is 5.32 Å². The predicted molar refractivity (Wildman–Crippen MR) is 44.4 cm³/mol. The molecule has 2 atom stereocenters. The van der Waals surface area contributed by atoms with E-state index in [2.05, 4.69) is 10.3 Å². The van der Waals surface area contributed by atoms with E-state index in [1.54, 1.807) is 18.3 Å². The molecule has 0 spiro atoms. The number of aliphatic hydroxyl groups is 1. The summed E-state index contributed by atoms with van der Waals surface area (Å²) in [5, 5.41) is 11.3. The molecule has 1 aromatic rings. The van der Waals surface area contributed by atoms with Crippen LogP contribution in [0.1, 0.15) is 6.92 Å². The molecule has 0 bridgehead atoms. The van der Waals surface area contributed by atoms with E-state index < -0.39 is 12.4 Å². The van der Waals surface area contributed by atoms with Crippen molar-refractivity contribution in [3.8, 4) is 0 Å². The van der Waals surface area contributed by atoms with Crippen LogP contribution in [0.2, 0.25) is 0 Å². The zero-order valence-corrected chi connectivity index (χ0v) is 6.74. The lowest BCUT2D eigenvalue weighted by molar-refractivity contribution is 0.109. The zero-order chi connectivity index (χ0) is 8.97. The van der Waals surface area contributed by atoms with E-state index in [1.807, 2.05) is 0 Å². The smallest absolute Gasteiger partial charge is 0.195 e. The molecule has 2 N–H and O–H groups in total. The molecule has 0 radical (unpaired) electrons. The fourth-order valence-corrected chi connectivity index (χ4v) is 0.728. The number of nitrogens with one attached hydrogen (secondary N) is 1. The van der Waals surface area contributed by atoms with Gasteiger partial charge in [0.05, 0.1) is 11.9 Å². The maximum absolute atomic E-state index is 12.8. The van der Waals surface area contributed by atoms with E-state index in [0.29, 0.717) is 5.69 Å². The first kappa shape index (κ1) is 8.93. The van der Waals surface area contributed by atoms with Gasteiger partial charge in [-0.15, -0.1) is 0 Å². The second-order valence-electron chi connectivity index (χ2n) is 2.53. The van der Waals surface area contributed by atoms with Crippen molar-refractivity contribution in [2.24, 2.45) is 0 Å². The van der Waals surface area contributed by atoms with Gasteiger partial charge in [0.1, 0.15) is 6.10 Å². The summed E-state index contributed by atoms with van der Waals surface area (Å²) in [5.74, 6) is 0. The first-order valence-corrected chi connectivity index (χ1v) is 3.69. The third-order valence-electron chi connectivity index (χ3n) is 1.39. The number of aliphatic hydroxyl groups excluding tert-OH is 1. The van der Waals surface area contributed by atoms with Crippen LogP contribution in [-0.2, 0) is 0 Å². The molecule has 3 nitrogen and oxygen atoms in total. The molecule has 4 heteroatoms. The molecule has 2 unspecified atom stereocenters. The van der Waals surface area contributed by atoms with Gasteiger partial charge in [-0.05, 0) is 19.1 Å². The SMILES string of the molecule is CC(O)C(F)Nc1cccnc1. The van der Waals surface area contributed by atoms with E-state index in [1.165, 1.54) is 13.1 Å². The maximum atomic E-state index is 12.8. The average molecular weight is 170 g/mol. The highest BCUT2D eigenvalue weighted by Crippen LogP contribution is 2.07. The van der Waals surface area contributed by atoms with E-state index in [-0.39, 0.29) is 0 Å². The molecule has 0 saturated heterocycles. The van der Waals surface area contributed by atoms with Gasteiger partial charge in [0.15, 0.2) is 6.30 Å². The Hall–Kier alpha value is -1.16. The summed E-state index contributed by atoms with van der Waals surface area (Å²) in [6.07, 6.45) is 0.620. The van der Waals surface area contributed by atoms with Crippen LogP contribution in [0.25, 0.3) is 0 Å². The van der Waals surface area contributed by atoms with Crippen LogP contribution in [0.3, 0.4) is 0 Å². The summed E-state index contributed by atoms with van der Waals surface area (Å²) in [5.41, 5.74) is 0.561. The minimum Gasteiger partial charge on any atom is -0.388 e. The second kappa shape index (κ2) is 4.01. The standard InChI is InChI=1S/C8H11FN2O/c1-6(12)8(9)11-7-3-2-4-10-5-7/h2-6,8,11-12H,1H3. The number of nitrogens with zero attached hydrogens (tertiary/aromatic N) is 1. The number of anilines is 1. The van der Waals surface area contributed by atoms with E-state index in [4.69, 9.17) is 5.11 Å². The van der Waals surface area contributed by atoms with Gasteiger partial charge >= 0.3 is 0 Å².